The lowest BCUT2D eigenvalue weighted by Gasteiger charge is -2.18. The van der Waals surface area contributed by atoms with E-state index < -0.39 is 12.1 Å². The summed E-state index contributed by atoms with van der Waals surface area (Å²) in [7, 11) is 3.76. The number of rotatable bonds is 4. The van der Waals surface area contributed by atoms with Crippen LogP contribution in [-0.2, 0) is 11.2 Å². The van der Waals surface area contributed by atoms with Gasteiger partial charge in [0.15, 0.2) is 6.10 Å². The molecule has 82 valence electrons. The Bertz CT molecular complexity index is 349. The molecule has 1 rings (SSSR count). The number of aliphatic hydroxyl groups is 1. The zero-order valence-corrected chi connectivity index (χ0v) is 8.84. The molecule has 0 saturated carbocycles. The molecule has 0 saturated heterocycles. The summed E-state index contributed by atoms with van der Waals surface area (Å²) in [4.78, 5) is 12.4. The summed E-state index contributed by atoms with van der Waals surface area (Å²) in [5.74, 6) is -1.19. The highest BCUT2D eigenvalue weighted by Gasteiger charge is 2.15. The molecule has 4 nitrogen and oxygen atoms in total. The first-order chi connectivity index (χ1) is 7.02. The maximum absolute atomic E-state index is 10.5. The molecular formula is C11H15NO3. The van der Waals surface area contributed by atoms with Crippen molar-refractivity contribution in [2.45, 2.75) is 12.5 Å². The Balaban J connectivity index is 2.89. The van der Waals surface area contributed by atoms with Crippen molar-refractivity contribution in [1.29, 1.82) is 0 Å². The topological polar surface area (TPSA) is 60.8 Å². The average Bonchev–Trinajstić information content (AvgIpc) is 2.18. The van der Waals surface area contributed by atoms with E-state index in [1.165, 1.54) is 0 Å². The number of carboxylic acid groups (broad SMARTS) is 1. The SMILES string of the molecule is CN(C)c1ccccc1CC(O)C(=O)O. The largest absolute Gasteiger partial charge is 0.479 e. The fourth-order valence-corrected chi connectivity index (χ4v) is 1.42. The molecule has 1 aromatic rings. The standard InChI is InChI=1S/C11H15NO3/c1-12(2)9-6-4-3-5-8(9)7-10(13)11(14)15/h3-6,10,13H,7H2,1-2H3,(H,14,15). The van der Waals surface area contributed by atoms with Crippen LogP contribution in [0.4, 0.5) is 5.69 Å². The average molecular weight is 209 g/mol. The number of aliphatic carboxylic acids is 1. The molecule has 0 aliphatic rings. The van der Waals surface area contributed by atoms with Crippen LogP contribution in [0.15, 0.2) is 24.3 Å². The molecule has 15 heavy (non-hydrogen) atoms. The normalized spacial score (nSPS) is 12.2. The lowest BCUT2D eigenvalue weighted by molar-refractivity contribution is -0.146. The molecule has 1 unspecified atom stereocenters. The third kappa shape index (κ3) is 2.95. The summed E-state index contributed by atoms with van der Waals surface area (Å²) in [6.45, 7) is 0. The number of carboxylic acids is 1. The van der Waals surface area contributed by atoms with Gasteiger partial charge < -0.3 is 15.1 Å². The van der Waals surface area contributed by atoms with E-state index >= 15 is 0 Å². The third-order valence-corrected chi connectivity index (χ3v) is 2.17. The summed E-state index contributed by atoms with van der Waals surface area (Å²) in [5, 5.41) is 17.9. The Kier molecular flexibility index (Phi) is 3.68. The third-order valence-electron chi connectivity index (χ3n) is 2.17. The van der Waals surface area contributed by atoms with Crippen molar-refractivity contribution in [3.05, 3.63) is 29.8 Å². The molecule has 0 amide bonds. The van der Waals surface area contributed by atoms with Crippen LogP contribution in [0.25, 0.3) is 0 Å². The molecule has 0 heterocycles. The summed E-state index contributed by atoms with van der Waals surface area (Å²) in [6, 6.07) is 7.42. The molecule has 0 bridgehead atoms. The van der Waals surface area contributed by atoms with Gasteiger partial charge in [0.1, 0.15) is 0 Å². The Morgan fingerprint density at radius 1 is 1.40 bits per heavy atom. The molecular weight excluding hydrogens is 194 g/mol. The molecule has 1 atom stereocenters. The van der Waals surface area contributed by atoms with Crippen molar-refractivity contribution < 1.29 is 15.0 Å². The van der Waals surface area contributed by atoms with Crippen LogP contribution >= 0.6 is 0 Å². The first-order valence-corrected chi connectivity index (χ1v) is 4.68. The molecule has 1 aromatic carbocycles. The molecule has 2 N–H and O–H groups in total. The van der Waals surface area contributed by atoms with Crippen molar-refractivity contribution in [2.75, 3.05) is 19.0 Å². The van der Waals surface area contributed by atoms with Crippen LogP contribution in [0.3, 0.4) is 0 Å². The Morgan fingerprint density at radius 3 is 2.53 bits per heavy atom. The van der Waals surface area contributed by atoms with Crippen molar-refractivity contribution in [3.8, 4) is 0 Å². The molecule has 4 heteroatoms. The second-order valence-corrected chi connectivity index (χ2v) is 3.58. The first kappa shape index (κ1) is 11.5. The van der Waals surface area contributed by atoms with E-state index in [0.717, 1.165) is 11.3 Å². The van der Waals surface area contributed by atoms with E-state index in [1.54, 1.807) is 0 Å². The van der Waals surface area contributed by atoms with Crippen LogP contribution in [0, 0.1) is 0 Å². The zero-order valence-electron chi connectivity index (χ0n) is 8.84. The quantitative estimate of drug-likeness (QED) is 0.767. The van der Waals surface area contributed by atoms with Gasteiger partial charge in [0, 0.05) is 26.2 Å². The Morgan fingerprint density at radius 2 is 2.00 bits per heavy atom. The smallest absolute Gasteiger partial charge is 0.332 e. The van der Waals surface area contributed by atoms with E-state index in [1.807, 2.05) is 43.3 Å². The van der Waals surface area contributed by atoms with Crippen LogP contribution in [-0.4, -0.2) is 36.4 Å². The van der Waals surface area contributed by atoms with Crippen LogP contribution < -0.4 is 4.90 Å². The lowest BCUT2D eigenvalue weighted by atomic mass is 10.1. The van der Waals surface area contributed by atoms with Gasteiger partial charge in [-0.3, -0.25) is 0 Å². The number of anilines is 1. The zero-order chi connectivity index (χ0) is 11.4. The summed E-state index contributed by atoms with van der Waals surface area (Å²) < 4.78 is 0. The minimum absolute atomic E-state index is 0.129. The van der Waals surface area contributed by atoms with Crippen LogP contribution in [0.1, 0.15) is 5.56 Å². The van der Waals surface area contributed by atoms with Gasteiger partial charge in [0.2, 0.25) is 0 Å². The van der Waals surface area contributed by atoms with Crippen molar-refractivity contribution in [3.63, 3.8) is 0 Å². The van der Waals surface area contributed by atoms with Gasteiger partial charge in [0.25, 0.3) is 0 Å². The summed E-state index contributed by atoms with van der Waals surface area (Å²) in [6.07, 6.45) is -1.21. The predicted octanol–water partition coefficient (Wildman–Crippen LogP) is 0.741. The molecule has 0 aliphatic carbocycles. The van der Waals surface area contributed by atoms with E-state index in [0.29, 0.717) is 0 Å². The maximum Gasteiger partial charge on any atom is 0.332 e. The number of aliphatic hydroxyl groups excluding tert-OH is 1. The van der Waals surface area contributed by atoms with Crippen LogP contribution in [0.5, 0.6) is 0 Å². The minimum Gasteiger partial charge on any atom is -0.479 e. The number of carbonyl (C=O) groups is 1. The van der Waals surface area contributed by atoms with Gasteiger partial charge in [-0.05, 0) is 11.6 Å². The van der Waals surface area contributed by atoms with Crippen molar-refractivity contribution >= 4 is 11.7 Å². The number of hydrogen-bond acceptors (Lipinski definition) is 3. The highest BCUT2D eigenvalue weighted by atomic mass is 16.4. The molecule has 0 radical (unpaired) electrons. The van der Waals surface area contributed by atoms with E-state index in [2.05, 4.69) is 0 Å². The monoisotopic (exact) mass is 209 g/mol. The maximum atomic E-state index is 10.5. The molecule has 0 fully saturated rings. The van der Waals surface area contributed by atoms with Gasteiger partial charge >= 0.3 is 5.97 Å². The number of nitrogens with zero attached hydrogens (tertiary/aromatic N) is 1. The first-order valence-electron chi connectivity index (χ1n) is 4.68. The Labute approximate surface area is 88.8 Å². The van der Waals surface area contributed by atoms with Gasteiger partial charge in [0.05, 0.1) is 0 Å². The van der Waals surface area contributed by atoms with E-state index in [-0.39, 0.29) is 6.42 Å². The van der Waals surface area contributed by atoms with E-state index in [9.17, 15) is 9.90 Å². The lowest BCUT2D eigenvalue weighted by Crippen LogP contribution is -2.23. The van der Waals surface area contributed by atoms with Crippen molar-refractivity contribution in [2.24, 2.45) is 0 Å². The number of benzene rings is 1. The van der Waals surface area contributed by atoms with Gasteiger partial charge in [-0.2, -0.15) is 0 Å². The molecule has 0 aliphatic heterocycles. The second-order valence-electron chi connectivity index (χ2n) is 3.58. The van der Waals surface area contributed by atoms with Gasteiger partial charge in [-0.1, -0.05) is 18.2 Å². The molecule has 0 spiro atoms. The van der Waals surface area contributed by atoms with Crippen molar-refractivity contribution in [1.82, 2.24) is 0 Å². The fourth-order valence-electron chi connectivity index (χ4n) is 1.42. The summed E-state index contributed by atoms with van der Waals surface area (Å²) in [5.41, 5.74) is 1.76. The second kappa shape index (κ2) is 4.79. The number of hydrogen-bond donors (Lipinski definition) is 2. The van der Waals surface area contributed by atoms with Gasteiger partial charge in [-0.25, -0.2) is 4.79 Å². The number of para-hydroxylation sites is 1. The predicted molar refractivity (Wildman–Crippen MR) is 58.1 cm³/mol. The Hall–Kier alpha value is -1.55. The fraction of sp³-hybridized carbons (Fsp3) is 0.364. The highest BCUT2D eigenvalue weighted by molar-refractivity contribution is 5.73. The minimum atomic E-state index is -1.34. The molecule has 0 aromatic heterocycles. The van der Waals surface area contributed by atoms with E-state index in [4.69, 9.17) is 5.11 Å². The highest BCUT2D eigenvalue weighted by Crippen LogP contribution is 2.19. The summed E-state index contributed by atoms with van der Waals surface area (Å²) >= 11 is 0. The van der Waals surface area contributed by atoms with Crippen LogP contribution in [0.2, 0.25) is 0 Å². The van der Waals surface area contributed by atoms with Gasteiger partial charge in [-0.15, -0.1) is 0 Å².